The molecule has 0 aliphatic rings. The fourth-order valence-corrected chi connectivity index (χ4v) is 3.11. The van der Waals surface area contributed by atoms with Crippen molar-refractivity contribution in [3.8, 4) is 0 Å². The lowest BCUT2D eigenvalue weighted by molar-refractivity contribution is 0.117. The van der Waals surface area contributed by atoms with Crippen LogP contribution in [-0.4, -0.2) is 30.2 Å². The van der Waals surface area contributed by atoms with Gasteiger partial charge in [-0.15, -0.1) is 0 Å². The van der Waals surface area contributed by atoms with E-state index in [1.165, 1.54) is 30.4 Å². The van der Waals surface area contributed by atoms with Gasteiger partial charge in [0.1, 0.15) is 0 Å². The Kier molecular flexibility index (Phi) is 18.6. The van der Waals surface area contributed by atoms with E-state index in [1.807, 2.05) is 36.4 Å². The minimum absolute atomic E-state index is 0.707. The van der Waals surface area contributed by atoms with E-state index < -0.39 is 0 Å². The van der Waals surface area contributed by atoms with Crippen molar-refractivity contribution in [2.75, 3.05) is 25.1 Å². The second kappa shape index (κ2) is 20.9. The first-order valence-electron chi connectivity index (χ1n) is 10.7. The summed E-state index contributed by atoms with van der Waals surface area (Å²) in [6.45, 7) is 3.94. The molecule has 0 N–H and O–H groups in total. The lowest BCUT2D eigenvalue weighted by Crippen LogP contribution is -1.95. The summed E-state index contributed by atoms with van der Waals surface area (Å²) in [7, 11) is 0. The highest BCUT2D eigenvalue weighted by molar-refractivity contribution is 9.09. The lowest BCUT2D eigenvalue weighted by Gasteiger charge is -2.03. The topological polar surface area (TPSA) is 30.8 Å². The summed E-state index contributed by atoms with van der Waals surface area (Å²) in [6.07, 6.45) is 6.95. The molecule has 164 valence electrons. The van der Waals surface area contributed by atoms with Crippen molar-refractivity contribution in [3.05, 3.63) is 71.8 Å². The van der Waals surface area contributed by atoms with Crippen LogP contribution in [0.15, 0.2) is 65.7 Å². The maximum Gasteiger partial charge on any atom is 0.0716 e. The van der Waals surface area contributed by atoms with Crippen molar-refractivity contribution in [1.29, 1.82) is 0 Å². The molecule has 30 heavy (non-hydrogen) atoms. The molecule has 0 heterocycles. The molecule has 0 atom stereocenters. The number of hydrogen-bond donors (Lipinski definition) is 0. The smallest absolute Gasteiger partial charge is 0.0716 e. The zero-order chi connectivity index (χ0) is 21.5. The summed E-state index contributed by atoms with van der Waals surface area (Å²) in [5.74, 6) is 0. The van der Waals surface area contributed by atoms with E-state index in [-0.39, 0.29) is 0 Å². The summed E-state index contributed by atoms with van der Waals surface area (Å²) in [5.41, 5.74) is 2.49. The Morgan fingerprint density at radius 3 is 1.67 bits per heavy atom. The molecule has 0 saturated carbocycles. The molecule has 0 aliphatic heterocycles. The van der Waals surface area contributed by atoms with Crippen molar-refractivity contribution < 1.29 is 9.47 Å². The predicted molar refractivity (Wildman–Crippen MR) is 134 cm³/mol. The van der Waals surface area contributed by atoms with Crippen LogP contribution in [0.25, 0.3) is 0 Å². The van der Waals surface area contributed by atoms with Crippen LogP contribution in [0.5, 0.6) is 0 Å². The summed E-state index contributed by atoms with van der Waals surface area (Å²) in [5, 5.41) is 3.47. The van der Waals surface area contributed by atoms with Gasteiger partial charge in [-0.3, -0.25) is 0 Å². The van der Waals surface area contributed by atoms with Crippen LogP contribution in [0, 0.1) is 0 Å². The Balaban J connectivity index is 0.000000303. The predicted octanol–water partition coefficient (Wildman–Crippen LogP) is 7.24. The quantitative estimate of drug-likeness (QED) is 0.114. The van der Waals surface area contributed by atoms with E-state index in [0.717, 1.165) is 51.0 Å². The van der Waals surface area contributed by atoms with Gasteiger partial charge in [0.15, 0.2) is 0 Å². The number of halogens is 1. The van der Waals surface area contributed by atoms with E-state index in [0.29, 0.717) is 6.61 Å². The van der Waals surface area contributed by atoms with Gasteiger partial charge in [-0.25, -0.2) is 4.99 Å². The third-order valence-corrected chi connectivity index (χ3v) is 4.96. The van der Waals surface area contributed by atoms with Crippen LogP contribution in [0.4, 0.5) is 0 Å². The first kappa shape index (κ1) is 26.7. The third kappa shape index (κ3) is 16.4. The standard InChI is InChI=1S/C13H17NOS.C12H17BrO/c16-12-14-9-5-2-6-10-15-11-13-7-3-1-4-8-13;13-9-5-2-6-10-14-11-12-7-3-1-4-8-12/h1,3-4,7-8H,2,5-6,9-11H2;1,3-4,7-8H,2,5-6,9-11H2. The fraction of sp³-hybridized carbons (Fsp3) is 0.480. The minimum Gasteiger partial charge on any atom is -0.377 e. The van der Waals surface area contributed by atoms with E-state index >= 15 is 0 Å². The Morgan fingerprint density at radius 1 is 0.700 bits per heavy atom. The van der Waals surface area contributed by atoms with Crippen LogP contribution in [0.3, 0.4) is 0 Å². The van der Waals surface area contributed by atoms with Crippen LogP contribution in [0.1, 0.15) is 49.7 Å². The number of nitrogens with zero attached hydrogens (tertiary/aromatic N) is 1. The van der Waals surface area contributed by atoms with Gasteiger partial charge in [0, 0.05) is 25.1 Å². The third-order valence-electron chi connectivity index (χ3n) is 4.27. The van der Waals surface area contributed by atoms with E-state index in [9.17, 15) is 0 Å². The molecule has 0 amide bonds. The molecule has 0 unspecified atom stereocenters. The van der Waals surface area contributed by atoms with Gasteiger partial charge in [0.2, 0.25) is 0 Å². The summed E-state index contributed by atoms with van der Waals surface area (Å²) in [4.78, 5) is 3.86. The number of rotatable bonds is 15. The number of isothiocyanates is 1. The molecule has 0 saturated heterocycles. The van der Waals surface area contributed by atoms with E-state index in [1.54, 1.807) is 0 Å². The number of unbranched alkanes of at least 4 members (excludes halogenated alkanes) is 4. The van der Waals surface area contributed by atoms with E-state index in [2.05, 4.69) is 62.6 Å². The molecule has 0 spiro atoms. The molecular weight excluding hydrogens is 458 g/mol. The summed E-state index contributed by atoms with van der Waals surface area (Å²) in [6, 6.07) is 20.5. The maximum absolute atomic E-state index is 5.56. The van der Waals surface area contributed by atoms with Crippen molar-refractivity contribution >= 4 is 33.3 Å². The maximum atomic E-state index is 5.56. The van der Waals surface area contributed by atoms with Crippen molar-refractivity contribution in [2.45, 2.75) is 51.7 Å². The summed E-state index contributed by atoms with van der Waals surface area (Å²) >= 11 is 7.90. The number of hydrogen-bond acceptors (Lipinski definition) is 4. The summed E-state index contributed by atoms with van der Waals surface area (Å²) < 4.78 is 11.1. The van der Waals surface area contributed by atoms with Gasteiger partial charge >= 0.3 is 0 Å². The van der Waals surface area contributed by atoms with Crippen LogP contribution in [0.2, 0.25) is 0 Å². The molecule has 0 radical (unpaired) electrons. The SMILES string of the molecule is BrCCCCCOCc1ccccc1.S=C=NCCCCCOCc1ccccc1. The van der Waals surface area contributed by atoms with Gasteiger partial charge in [0.25, 0.3) is 0 Å². The van der Waals surface area contributed by atoms with Gasteiger partial charge in [0.05, 0.1) is 18.4 Å². The monoisotopic (exact) mass is 491 g/mol. The van der Waals surface area contributed by atoms with Crippen LogP contribution >= 0.6 is 28.1 Å². The minimum atomic E-state index is 0.707. The molecule has 2 aromatic rings. The van der Waals surface area contributed by atoms with Crippen molar-refractivity contribution in [3.63, 3.8) is 0 Å². The highest BCUT2D eigenvalue weighted by atomic mass is 79.9. The van der Waals surface area contributed by atoms with Gasteiger partial charge < -0.3 is 9.47 Å². The average Bonchev–Trinajstić information content (AvgIpc) is 2.80. The lowest BCUT2D eigenvalue weighted by atomic mass is 10.2. The first-order chi connectivity index (χ1) is 14.9. The van der Waals surface area contributed by atoms with Gasteiger partial charge in [-0.1, -0.05) is 83.0 Å². The molecule has 5 heteroatoms. The zero-order valence-corrected chi connectivity index (χ0v) is 20.2. The largest absolute Gasteiger partial charge is 0.377 e. The highest BCUT2D eigenvalue weighted by Gasteiger charge is 1.93. The molecule has 0 aliphatic carbocycles. The molecule has 2 rings (SSSR count). The molecule has 3 nitrogen and oxygen atoms in total. The number of benzene rings is 2. The second-order valence-corrected chi connectivity index (χ2v) is 7.84. The number of alkyl halides is 1. The first-order valence-corrected chi connectivity index (χ1v) is 12.2. The van der Waals surface area contributed by atoms with Gasteiger partial charge in [-0.05, 0) is 55.4 Å². The Morgan fingerprint density at radius 2 is 1.20 bits per heavy atom. The van der Waals surface area contributed by atoms with Crippen molar-refractivity contribution in [1.82, 2.24) is 0 Å². The van der Waals surface area contributed by atoms with E-state index in [4.69, 9.17) is 9.47 Å². The highest BCUT2D eigenvalue weighted by Crippen LogP contribution is 2.04. The second-order valence-electron chi connectivity index (χ2n) is 6.86. The molecule has 0 bridgehead atoms. The average molecular weight is 493 g/mol. The van der Waals surface area contributed by atoms with Gasteiger partial charge in [-0.2, -0.15) is 0 Å². The molecule has 0 aromatic heterocycles. The zero-order valence-electron chi connectivity index (χ0n) is 17.8. The number of aliphatic imine (C=N–C) groups is 1. The Bertz CT molecular complexity index is 663. The Hall–Kier alpha value is -1.36. The van der Waals surface area contributed by atoms with Crippen LogP contribution < -0.4 is 0 Å². The molecular formula is C25H34BrNO2S. The molecule has 2 aromatic carbocycles. The number of ether oxygens (including phenoxy) is 2. The van der Waals surface area contributed by atoms with Crippen LogP contribution in [-0.2, 0) is 22.7 Å². The van der Waals surface area contributed by atoms with Crippen molar-refractivity contribution in [2.24, 2.45) is 4.99 Å². The number of thiocarbonyl (C=S) groups is 1. The Labute approximate surface area is 196 Å². The molecule has 0 fully saturated rings. The normalized spacial score (nSPS) is 10.0. The fourth-order valence-electron chi connectivity index (χ4n) is 2.62.